The molecule has 94 valence electrons. The molecular formula is C15H13N3S. The second-order valence-electron chi connectivity index (χ2n) is 4.19. The molecule has 2 aromatic carbocycles. The zero-order chi connectivity index (χ0) is 13.1. The zero-order valence-corrected chi connectivity index (χ0v) is 11.1. The molecule has 0 atom stereocenters. The highest BCUT2D eigenvalue weighted by atomic mass is 32.1. The van der Waals surface area contributed by atoms with Crippen LogP contribution in [-0.4, -0.2) is 9.59 Å². The van der Waals surface area contributed by atoms with Gasteiger partial charge in [0.25, 0.3) is 0 Å². The number of nitrogens with two attached hydrogens (primary N) is 1. The predicted molar refractivity (Wildman–Crippen MR) is 78.7 cm³/mol. The van der Waals surface area contributed by atoms with Crippen molar-refractivity contribution >= 4 is 11.5 Å². The standard InChI is InChI=1S/C15H13N3S/c16-10-14-15(17-18-19-14)13-8-6-12(7-9-13)11-4-2-1-3-5-11/h1-9H,10,16H2. The summed E-state index contributed by atoms with van der Waals surface area (Å²) in [7, 11) is 0. The van der Waals surface area contributed by atoms with Gasteiger partial charge in [-0.05, 0) is 22.7 Å². The molecule has 4 heteroatoms. The van der Waals surface area contributed by atoms with Gasteiger partial charge in [-0.2, -0.15) is 0 Å². The van der Waals surface area contributed by atoms with Crippen LogP contribution in [0.2, 0.25) is 0 Å². The van der Waals surface area contributed by atoms with E-state index in [1.165, 1.54) is 22.7 Å². The smallest absolute Gasteiger partial charge is 0.110 e. The number of hydrogen-bond acceptors (Lipinski definition) is 4. The van der Waals surface area contributed by atoms with Gasteiger partial charge in [0.15, 0.2) is 0 Å². The third-order valence-electron chi connectivity index (χ3n) is 3.01. The van der Waals surface area contributed by atoms with Gasteiger partial charge in [-0.3, -0.25) is 0 Å². The molecule has 0 saturated heterocycles. The molecule has 3 aromatic rings. The Kier molecular flexibility index (Phi) is 3.35. The Hall–Kier alpha value is -2.04. The van der Waals surface area contributed by atoms with Gasteiger partial charge in [-0.15, -0.1) is 5.10 Å². The molecule has 19 heavy (non-hydrogen) atoms. The Bertz CT molecular complexity index is 659. The lowest BCUT2D eigenvalue weighted by atomic mass is 10.0. The van der Waals surface area contributed by atoms with Crippen molar-refractivity contribution in [1.82, 2.24) is 9.59 Å². The SMILES string of the molecule is NCc1snnc1-c1ccc(-c2ccccc2)cc1. The van der Waals surface area contributed by atoms with Gasteiger partial charge < -0.3 is 5.73 Å². The summed E-state index contributed by atoms with van der Waals surface area (Å²) in [5, 5.41) is 4.15. The molecule has 0 aliphatic rings. The molecule has 2 N–H and O–H groups in total. The van der Waals surface area contributed by atoms with Crippen LogP contribution in [0.1, 0.15) is 4.88 Å². The van der Waals surface area contributed by atoms with Gasteiger partial charge in [0.05, 0.1) is 4.88 Å². The molecule has 0 bridgehead atoms. The first kappa shape index (κ1) is 12.0. The lowest BCUT2D eigenvalue weighted by Gasteiger charge is -2.03. The first-order valence-electron chi connectivity index (χ1n) is 6.05. The number of hydrogen-bond donors (Lipinski definition) is 1. The fraction of sp³-hybridized carbons (Fsp3) is 0.0667. The zero-order valence-electron chi connectivity index (χ0n) is 10.3. The van der Waals surface area contributed by atoms with Crippen molar-refractivity contribution < 1.29 is 0 Å². The van der Waals surface area contributed by atoms with Gasteiger partial charge in [0.1, 0.15) is 5.69 Å². The Labute approximate surface area is 115 Å². The van der Waals surface area contributed by atoms with Crippen molar-refractivity contribution in [2.75, 3.05) is 0 Å². The maximum atomic E-state index is 5.68. The number of benzene rings is 2. The van der Waals surface area contributed by atoms with E-state index in [1.54, 1.807) is 0 Å². The largest absolute Gasteiger partial charge is 0.326 e. The van der Waals surface area contributed by atoms with Crippen LogP contribution in [0.25, 0.3) is 22.4 Å². The van der Waals surface area contributed by atoms with E-state index < -0.39 is 0 Å². The fourth-order valence-electron chi connectivity index (χ4n) is 2.01. The van der Waals surface area contributed by atoms with E-state index in [9.17, 15) is 0 Å². The van der Waals surface area contributed by atoms with Crippen LogP contribution in [-0.2, 0) is 6.54 Å². The van der Waals surface area contributed by atoms with Gasteiger partial charge in [-0.25, -0.2) is 0 Å². The van der Waals surface area contributed by atoms with Gasteiger partial charge >= 0.3 is 0 Å². The lowest BCUT2D eigenvalue weighted by Crippen LogP contribution is -1.95. The molecule has 0 amide bonds. The van der Waals surface area contributed by atoms with Crippen LogP contribution in [0.15, 0.2) is 54.6 Å². The molecule has 0 radical (unpaired) electrons. The Morgan fingerprint density at radius 2 is 1.47 bits per heavy atom. The van der Waals surface area contributed by atoms with Crippen molar-refractivity contribution in [1.29, 1.82) is 0 Å². The minimum Gasteiger partial charge on any atom is -0.326 e. The molecule has 1 heterocycles. The number of rotatable bonds is 3. The van der Waals surface area contributed by atoms with E-state index in [0.717, 1.165) is 16.1 Å². The summed E-state index contributed by atoms with van der Waals surface area (Å²) in [6.07, 6.45) is 0. The molecule has 0 spiro atoms. The number of nitrogens with zero attached hydrogens (tertiary/aromatic N) is 2. The summed E-state index contributed by atoms with van der Waals surface area (Å²) in [4.78, 5) is 1.02. The van der Waals surface area contributed by atoms with E-state index >= 15 is 0 Å². The molecule has 3 nitrogen and oxygen atoms in total. The van der Waals surface area contributed by atoms with E-state index in [4.69, 9.17) is 5.73 Å². The molecular weight excluding hydrogens is 254 g/mol. The second kappa shape index (κ2) is 5.30. The van der Waals surface area contributed by atoms with Crippen molar-refractivity contribution in [3.8, 4) is 22.4 Å². The molecule has 0 saturated carbocycles. The Morgan fingerprint density at radius 3 is 2.16 bits per heavy atom. The monoisotopic (exact) mass is 267 g/mol. The second-order valence-corrected chi connectivity index (χ2v) is 5.03. The van der Waals surface area contributed by atoms with Gasteiger partial charge in [0, 0.05) is 12.1 Å². The summed E-state index contributed by atoms with van der Waals surface area (Å²) in [5.41, 5.74) is 10.1. The summed E-state index contributed by atoms with van der Waals surface area (Å²) < 4.78 is 3.96. The first-order valence-corrected chi connectivity index (χ1v) is 6.83. The molecule has 3 rings (SSSR count). The van der Waals surface area contributed by atoms with Crippen molar-refractivity contribution in [2.24, 2.45) is 5.73 Å². The van der Waals surface area contributed by atoms with Crippen LogP contribution in [0.4, 0.5) is 0 Å². The van der Waals surface area contributed by atoms with Crippen LogP contribution in [0.3, 0.4) is 0 Å². The molecule has 0 aliphatic heterocycles. The topological polar surface area (TPSA) is 51.8 Å². The molecule has 1 aromatic heterocycles. The van der Waals surface area contributed by atoms with Crippen molar-refractivity contribution in [3.05, 3.63) is 59.5 Å². The predicted octanol–water partition coefficient (Wildman–Crippen LogP) is 3.33. The van der Waals surface area contributed by atoms with E-state index in [-0.39, 0.29) is 0 Å². The average Bonchev–Trinajstić information content (AvgIpc) is 2.97. The highest BCUT2D eigenvalue weighted by molar-refractivity contribution is 7.05. The Balaban J connectivity index is 1.96. The summed E-state index contributed by atoms with van der Waals surface area (Å²) in [6, 6.07) is 18.6. The van der Waals surface area contributed by atoms with Gasteiger partial charge in [-0.1, -0.05) is 59.1 Å². The van der Waals surface area contributed by atoms with Crippen LogP contribution < -0.4 is 5.73 Å². The van der Waals surface area contributed by atoms with E-state index in [1.807, 2.05) is 18.2 Å². The van der Waals surface area contributed by atoms with Crippen LogP contribution in [0, 0.1) is 0 Å². The number of aromatic nitrogens is 2. The normalized spacial score (nSPS) is 10.6. The summed E-state index contributed by atoms with van der Waals surface area (Å²) >= 11 is 1.36. The quantitative estimate of drug-likeness (QED) is 0.792. The van der Waals surface area contributed by atoms with Crippen molar-refractivity contribution in [2.45, 2.75) is 6.54 Å². The highest BCUT2D eigenvalue weighted by Crippen LogP contribution is 2.26. The van der Waals surface area contributed by atoms with Crippen LogP contribution in [0.5, 0.6) is 0 Å². The van der Waals surface area contributed by atoms with Crippen LogP contribution >= 0.6 is 11.5 Å². The molecule has 0 fully saturated rings. The average molecular weight is 267 g/mol. The minimum atomic E-state index is 0.480. The van der Waals surface area contributed by atoms with Crippen molar-refractivity contribution in [3.63, 3.8) is 0 Å². The third kappa shape index (κ3) is 2.41. The van der Waals surface area contributed by atoms with E-state index in [0.29, 0.717) is 6.54 Å². The maximum Gasteiger partial charge on any atom is 0.110 e. The Morgan fingerprint density at radius 1 is 0.842 bits per heavy atom. The maximum absolute atomic E-state index is 5.68. The fourth-order valence-corrected chi connectivity index (χ4v) is 2.55. The lowest BCUT2D eigenvalue weighted by molar-refractivity contribution is 1.08. The minimum absolute atomic E-state index is 0.480. The van der Waals surface area contributed by atoms with E-state index in [2.05, 4.69) is 46.0 Å². The highest BCUT2D eigenvalue weighted by Gasteiger charge is 2.08. The first-order chi connectivity index (χ1) is 9.38. The molecule has 0 aliphatic carbocycles. The molecule has 0 unspecified atom stereocenters. The summed E-state index contributed by atoms with van der Waals surface area (Å²) in [6.45, 7) is 0.480. The third-order valence-corrected chi connectivity index (χ3v) is 3.75. The summed E-state index contributed by atoms with van der Waals surface area (Å²) in [5.74, 6) is 0. The van der Waals surface area contributed by atoms with Gasteiger partial charge in [0.2, 0.25) is 0 Å².